The molecule has 0 radical (unpaired) electrons. The molecular formula is C28H31N3O4S. The summed E-state index contributed by atoms with van der Waals surface area (Å²) in [6.45, 7) is 6.16. The SMILES string of the molecule is CCC(=O)N1CCc2cc(S(=O)(=O)N[C@@H](Cc3ccccc3)C(=O)Nc3cc(C)ccc3C)ccc21. The quantitative estimate of drug-likeness (QED) is 0.481. The van der Waals surface area contributed by atoms with E-state index >= 15 is 0 Å². The van der Waals surface area contributed by atoms with E-state index in [1.807, 2.05) is 62.4 Å². The number of hydrogen-bond acceptors (Lipinski definition) is 4. The number of rotatable bonds is 8. The number of benzene rings is 3. The molecule has 0 bridgehead atoms. The molecule has 0 saturated carbocycles. The normalized spacial score (nSPS) is 13.8. The predicted octanol–water partition coefficient (Wildman–Crippen LogP) is 4.13. The predicted molar refractivity (Wildman–Crippen MR) is 142 cm³/mol. The van der Waals surface area contributed by atoms with Crippen LogP contribution in [0.1, 0.15) is 35.6 Å². The van der Waals surface area contributed by atoms with Gasteiger partial charge in [-0.25, -0.2) is 8.42 Å². The average molecular weight is 506 g/mol. The van der Waals surface area contributed by atoms with Gasteiger partial charge in [-0.1, -0.05) is 49.4 Å². The van der Waals surface area contributed by atoms with Crippen LogP contribution in [-0.4, -0.2) is 32.8 Å². The van der Waals surface area contributed by atoms with Crippen molar-refractivity contribution in [2.24, 2.45) is 0 Å². The van der Waals surface area contributed by atoms with Crippen molar-refractivity contribution in [3.8, 4) is 0 Å². The molecule has 36 heavy (non-hydrogen) atoms. The van der Waals surface area contributed by atoms with Crippen molar-refractivity contribution in [1.29, 1.82) is 0 Å². The smallest absolute Gasteiger partial charge is 0.242 e. The summed E-state index contributed by atoms with van der Waals surface area (Å²) in [5.74, 6) is -0.425. The fourth-order valence-electron chi connectivity index (χ4n) is 4.38. The highest BCUT2D eigenvalue weighted by molar-refractivity contribution is 7.89. The van der Waals surface area contributed by atoms with Gasteiger partial charge in [-0.05, 0) is 73.2 Å². The van der Waals surface area contributed by atoms with Crippen molar-refractivity contribution >= 4 is 33.2 Å². The first-order valence-corrected chi connectivity index (χ1v) is 13.5. The molecule has 1 heterocycles. The highest BCUT2D eigenvalue weighted by Crippen LogP contribution is 2.31. The largest absolute Gasteiger partial charge is 0.324 e. The molecule has 2 amide bonds. The lowest BCUT2D eigenvalue weighted by atomic mass is 10.1. The number of amides is 2. The minimum Gasteiger partial charge on any atom is -0.324 e. The van der Waals surface area contributed by atoms with E-state index in [-0.39, 0.29) is 17.2 Å². The number of anilines is 2. The van der Waals surface area contributed by atoms with Crippen molar-refractivity contribution in [3.63, 3.8) is 0 Å². The van der Waals surface area contributed by atoms with Gasteiger partial charge in [0.15, 0.2) is 0 Å². The molecule has 1 atom stereocenters. The maximum absolute atomic E-state index is 13.4. The summed E-state index contributed by atoms with van der Waals surface area (Å²) < 4.78 is 29.4. The average Bonchev–Trinajstić information content (AvgIpc) is 3.29. The third-order valence-corrected chi connectivity index (χ3v) is 7.88. The van der Waals surface area contributed by atoms with E-state index in [2.05, 4.69) is 10.0 Å². The molecule has 0 aliphatic carbocycles. The Labute approximate surface area is 212 Å². The number of aryl methyl sites for hydroxylation is 2. The lowest BCUT2D eigenvalue weighted by molar-refractivity contribution is -0.118. The van der Waals surface area contributed by atoms with Gasteiger partial charge in [0.05, 0.1) is 4.90 Å². The lowest BCUT2D eigenvalue weighted by Gasteiger charge is -2.20. The molecule has 188 valence electrons. The van der Waals surface area contributed by atoms with Gasteiger partial charge >= 0.3 is 0 Å². The van der Waals surface area contributed by atoms with E-state index in [0.29, 0.717) is 25.1 Å². The summed E-state index contributed by atoms with van der Waals surface area (Å²) in [5, 5.41) is 2.90. The molecule has 1 aliphatic rings. The van der Waals surface area contributed by atoms with Gasteiger partial charge in [0.2, 0.25) is 21.8 Å². The lowest BCUT2D eigenvalue weighted by Crippen LogP contribution is -2.45. The van der Waals surface area contributed by atoms with Gasteiger partial charge in [0.25, 0.3) is 0 Å². The van der Waals surface area contributed by atoms with Gasteiger partial charge in [0, 0.05) is 24.3 Å². The van der Waals surface area contributed by atoms with Crippen LogP contribution in [0.3, 0.4) is 0 Å². The first kappa shape index (κ1) is 25.6. The van der Waals surface area contributed by atoms with Crippen molar-refractivity contribution in [2.45, 2.75) is 51.0 Å². The molecule has 2 N–H and O–H groups in total. The van der Waals surface area contributed by atoms with Crippen LogP contribution in [0.5, 0.6) is 0 Å². The number of hydrogen-bond donors (Lipinski definition) is 2. The summed E-state index contributed by atoms with van der Waals surface area (Å²) in [6.07, 6.45) is 1.17. The number of nitrogens with one attached hydrogen (secondary N) is 2. The van der Waals surface area contributed by atoms with Crippen molar-refractivity contribution in [3.05, 3.63) is 89.0 Å². The topological polar surface area (TPSA) is 95.6 Å². The monoisotopic (exact) mass is 505 g/mol. The molecule has 0 saturated heterocycles. The first-order valence-electron chi connectivity index (χ1n) is 12.1. The Bertz CT molecular complexity index is 1390. The van der Waals surface area contributed by atoms with Gasteiger partial charge in [0.1, 0.15) is 6.04 Å². The highest BCUT2D eigenvalue weighted by atomic mass is 32.2. The van der Waals surface area contributed by atoms with Crippen molar-refractivity contribution in [1.82, 2.24) is 4.72 Å². The molecule has 0 aromatic heterocycles. The minimum absolute atomic E-state index is 0.00789. The third-order valence-electron chi connectivity index (χ3n) is 6.41. The number of sulfonamides is 1. The Kier molecular flexibility index (Phi) is 7.56. The zero-order valence-corrected chi connectivity index (χ0v) is 21.6. The van der Waals surface area contributed by atoms with Crippen LogP contribution < -0.4 is 14.9 Å². The van der Waals surface area contributed by atoms with Crippen LogP contribution in [0.2, 0.25) is 0 Å². The number of carbonyl (C=O) groups excluding carboxylic acids is 2. The Hall–Kier alpha value is -3.49. The number of fused-ring (bicyclic) bond motifs is 1. The van der Waals surface area contributed by atoms with E-state index in [4.69, 9.17) is 0 Å². The molecule has 8 heteroatoms. The van der Waals surface area contributed by atoms with E-state index < -0.39 is 22.0 Å². The third kappa shape index (κ3) is 5.66. The molecular weight excluding hydrogens is 474 g/mol. The van der Waals surface area contributed by atoms with Crippen molar-refractivity contribution in [2.75, 3.05) is 16.8 Å². The van der Waals surface area contributed by atoms with Crippen LogP contribution in [0.25, 0.3) is 0 Å². The second kappa shape index (κ2) is 10.6. The standard InChI is InChI=1S/C28H31N3O4S/c1-4-27(32)31-15-14-22-18-23(12-13-26(22)31)36(34,35)30-25(17-21-8-6-5-7-9-21)28(33)29-24-16-19(2)10-11-20(24)3/h5-13,16,18,25,30H,4,14-15,17H2,1-3H3,(H,29,33)/t25-/m0/s1. The molecule has 0 unspecified atom stereocenters. The molecule has 1 aliphatic heterocycles. The summed E-state index contributed by atoms with van der Waals surface area (Å²) >= 11 is 0. The number of nitrogens with zero attached hydrogens (tertiary/aromatic N) is 1. The summed E-state index contributed by atoms with van der Waals surface area (Å²) in [7, 11) is -4.01. The maximum atomic E-state index is 13.4. The maximum Gasteiger partial charge on any atom is 0.242 e. The molecule has 0 fully saturated rings. The number of carbonyl (C=O) groups is 2. The molecule has 3 aromatic rings. The van der Waals surface area contributed by atoms with Gasteiger partial charge in [-0.3, -0.25) is 9.59 Å². The molecule has 3 aromatic carbocycles. The van der Waals surface area contributed by atoms with Crippen LogP contribution in [0.15, 0.2) is 71.6 Å². The summed E-state index contributed by atoms with van der Waals surface area (Å²) in [6, 6.07) is 18.8. The van der Waals surface area contributed by atoms with Gasteiger partial charge in [-0.2, -0.15) is 4.72 Å². The Morgan fingerprint density at radius 3 is 2.47 bits per heavy atom. The fraction of sp³-hybridized carbons (Fsp3) is 0.286. The fourth-order valence-corrected chi connectivity index (χ4v) is 5.62. The van der Waals surface area contributed by atoms with Crippen LogP contribution >= 0.6 is 0 Å². The first-order chi connectivity index (χ1) is 17.2. The van der Waals surface area contributed by atoms with Gasteiger partial charge in [-0.15, -0.1) is 0 Å². The molecule has 7 nitrogen and oxygen atoms in total. The molecule has 0 spiro atoms. The highest BCUT2D eigenvalue weighted by Gasteiger charge is 2.29. The minimum atomic E-state index is -4.01. The van der Waals surface area contributed by atoms with E-state index in [1.165, 1.54) is 6.07 Å². The van der Waals surface area contributed by atoms with Crippen molar-refractivity contribution < 1.29 is 18.0 Å². The summed E-state index contributed by atoms with van der Waals surface area (Å²) in [5.41, 5.74) is 4.91. The second-order valence-electron chi connectivity index (χ2n) is 9.11. The zero-order valence-electron chi connectivity index (χ0n) is 20.7. The van der Waals surface area contributed by atoms with Crippen LogP contribution in [0.4, 0.5) is 11.4 Å². The van der Waals surface area contributed by atoms with E-state index in [9.17, 15) is 18.0 Å². The van der Waals surface area contributed by atoms with Gasteiger partial charge < -0.3 is 10.2 Å². The Morgan fingerprint density at radius 1 is 1.00 bits per heavy atom. The van der Waals surface area contributed by atoms with E-state index in [0.717, 1.165) is 27.9 Å². The Morgan fingerprint density at radius 2 is 1.75 bits per heavy atom. The van der Waals surface area contributed by atoms with Crippen LogP contribution in [-0.2, 0) is 32.5 Å². The van der Waals surface area contributed by atoms with Crippen LogP contribution in [0, 0.1) is 13.8 Å². The van der Waals surface area contributed by atoms with E-state index in [1.54, 1.807) is 24.0 Å². The zero-order chi connectivity index (χ0) is 25.9. The Balaban J connectivity index is 1.61. The second-order valence-corrected chi connectivity index (χ2v) is 10.8. The summed E-state index contributed by atoms with van der Waals surface area (Å²) in [4.78, 5) is 27.3. The molecule has 4 rings (SSSR count).